The fourth-order valence-corrected chi connectivity index (χ4v) is 5.10. The van der Waals surface area contributed by atoms with Crippen molar-refractivity contribution in [1.82, 2.24) is 0 Å². The third kappa shape index (κ3) is 3.29. The molecule has 3 atom stereocenters. The Balaban J connectivity index is 1.72. The van der Waals surface area contributed by atoms with Crippen molar-refractivity contribution in [1.29, 1.82) is 0 Å². The molecule has 3 rings (SSSR count). The largest absolute Gasteiger partial charge is 0.148 e. The molecule has 3 unspecified atom stereocenters. The summed E-state index contributed by atoms with van der Waals surface area (Å²) in [7, 11) is 0. The van der Waals surface area contributed by atoms with E-state index < -0.39 is 0 Å². The second-order valence-electron chi connectivity index (χ2n) is 5.59. The fraction of sp³-hybridized carbons (Fsp3) is 0.412. The molecule has 0 saturated heterocycles. The summed E-state index contributed by atoms with van der Waals surface area (Å²) < 4.78 is 1.24. The average molecular weight is 370 g/mol. The first-order valence-corrected chi connectivity index (χ1v) is 9.26. The monoisotopic (exact) mass is 368 g/mol. The molecule has 1 heterocycles. The summed E-state index contributed by atoms with van der Waals surface area (Å²) in [6.07, 6.45) is 4.67. The molecule has 0 N–H and O–H groups in total. The van der Waals surface area contributed by atoms with Crippen LogP contribution < -0.4 is 0 Å². The van der Waals surface area contributed by atoms with Crippen molar-refractivity contribution in [2.45, 2.75) is 37.0 Å². The molecule has 1 saturated carbocycles. The molecule has 1 aromatic heterocycles. The van der Waals surface area contributed by atoms with Gasteiger partial charge in [-0.25, -0.2) is 0 Å². The molecular weight excluding hydrogens is 352 g/mol. The minimum Gasteiger partial charge on any atom is -0.148 e. The quantitative estimate of drug-likeness (QED) is 0.561. The summed E-state index contributed by atoms with van der Waals surface area (Å²) in [5.41, 5.74) is 1.48. The molecule has 2 aromatic rings. The Hall–Kier alpha value is -0.310. The highest BCUT2D eigenvalue weighted by Gasteiger charge is 2.30. The van der Waals surface area contributed by atoms with E-state index in [4.69, 9.17) is 11.6 Å². The van der Waals surface area contributed by atoms with Crippen LogP contribution in [-0.4, -0.2) is 5.38 Å². The molecule has 0 amide bonds. The second kappa shape index (κ2) is 6.64. The van der Waals surface area contributed by atoms with Crippen LogP contribution >= 0.6 is 38.9 Å². The van der Waals surface area contributed by atoms with E-state index in [0.717, 1.165) is 12.8 Å². The lowest BCUT2D eigenvalue weighted by Gasteiger charge is -2.33. The minimum absolute atomic E-state index is 0.323. The van der Waals surface area contributed by atoms with E-state index >= 15 is 0 Å². The molecule has 0 bridgehead atoms. The first-order chi connectivity index (χ1) is 9.74. The number of hydrogen-bond acceptors (Lipinski definition) is 1. The van der Waals surface area contributed by atoms with Gasteiger partial charge in [-0.3, -0.25) is 0 Å². The molecule has 0 spiro atoms. The van der Waals surface area contributed by atoms with Crippen molar-refractivity contribution < 1.29 is 0 Å². The molecular formula is C17H18BrClS. The van der Waals surface area contributed by atoms with E-state index in [1.807, 2.05) is 11.3 Å². The topological polar surface area (TPSA) is 0 Å². The van der Waals surface area contributed by atoms with Gasteiger partial charge in [0.05, 0.1) is 0 Å². The molecule has 3 heteroatoms. The van der Waals surface area contributed by atoms with Gasteiger partial charge in [0.25, 0.3) is 0 Å². The molecule has 1 aliphatic carbocycles. The van der Waals surface area contributed by atoms with Crippen molar-refractivity contribution in [3.63, 3.8) is 0 Å². The summed E-state index contributed by atoms with van der Waals surface area (Å²) in [6, 6.07) is 13.0. The third-order valence-electron chi connectivity index (χ3n) is 4.30. The highest BCUT2D eigenvalue weighted by Crippen LogP contribution is 2.41. The van der Waals surface area contributed by atoms with Gasteiger partial charge in [0, 0.05) is 14.7 Å². The summed E-state index contributed by atoms with van der Waals surface area (Å²) in [4.78, 5) is 1.44. The minimum atomic E-state index is 0.323. The van der Waals surface area contributed by atoms with Gasteiger partial charge >= 0.3 is 0 Å². The molecule has 1 fully saturated rings. The van der Waals surface area contributed by atoms with Gasteiger partial charge < -0.3 is 0 Å². The summed E-state index contributed by atoms with van der Waals surface area (Å²) in [6.45, 7) is 0. The summed E-state index contributed by atoms with van der Waals surface area (Å²) in [5, 5.41) is 2.48. The van der Waals surface area contributed by atoms with Crippen molar-refractivity contribution in [3.8, 4) is 0 Å². The van der Waals surface area contributed by atoms with Crippen molar-refractivity contribution in [3.05, 3.63) is 56.7 Å². The number of rotatable bonds is 3. The molecule has 0 nitrogen and oxygen atoms in total. The van der Waals surface area contributed by atoms with Crippen LogP contribution in [0.4, 0.5) is 0 Å². The number of benzene rings is 1. The molecule has 0 aliphatic heterocycles. The van der Waals surface area contributed by atoms with Crippen LogP contribution in [0.25, 0.3) is 0 Å². The lowest BCUT2D eigenvalue weighted by molar-refractivity contribution is 0.328. The molecule has 1 aliphatic rings. The molecule has 106 valence electrons. The summed E-state index contributed by atoms with van der Waals surface area (Å²) in [5.74, 6) is 1.26. The van der Waals surface area contributed by atoms with Crippen LogP contribution in [0.3, 0.4) is 0 Å². The number of thiophene rings is 1. The Morgan fingerprint density at radius 3 is 2.65 bits per heavy atom. The Morgan fingerprint density at radius 1 is 1.15 bits per heavy atom. The van der Waals surface area contributed by atoms with Gasteiger partial charge in [0.15, 0.2) is 0 Å². The van der Waals surface area contributed by atoms with Crippen LogP contribution in [0.2, 0.25) is 0 Å². The van der Waals surface area contributed by atoms with E-state index in [1.165, 1.54) is 27.8 Å². The summed E-state index contributed by atoms with van der Waals surface area (Å²) >= 11 is 12.1. The van der Waals surface area contributed by atoms with Gasteiger partial charge in [-0.05, 0) is 70.5 Å². The smallest absolute Gasteiger partial charge is 0.0368 e. The van der Waals surface area contributed by atoms with Gasteiger partial charge in [0.1, 0.15) is 0 Å². The van der Waals surface area contributed by atoms with Crippen molar-refractivity contribution >= 4 is 38.9 Å². The van der Waals surface area contributed by atoms with Crippen molar-refractivity contribution in [2.24, 2.45) is 5.92 Å². The van der Waals surface area contributed by atoms with Crippen LogP contribution in [-0.2, 0) is 6.42 Å². The highest BCUT2D eigenvalue weighted by molar-refractivity contribution is 9.10. The van der Waals surface area contributed by atoms with Gasteiger partial charge in [-0.1, -0.05) is 30.3 Å². The predicted octanol–water partition coefficient (Wildman–Crippen LogP) is 6.24. The first-order valence-electron chi connectivity index (χ1n) is 7.15. The SMILES string of the molecule is ClC1CCC(c2ccccc2)CC1Cc1sccc1Br. The average Bonchev–Trinajstić information content (AvgIpc) is 2.88. The van der Waals surface area contributed by atoms with Crippen molar-refractivity contribution in [2.75, 3.05) is 0 Å². The zero-order chi connectivity index (χ0) is 13.9. The van der Waals surface area contributed by atoms with E-state index in [2.05, 4.69) is 57.7 Å². The zero-order valence-electron chi connectivity index (χ0n) is 11.3. The Morgan fingerprint density at radius 2 is 1.95 bits per heavy atom. The first kappa shape index (κ1) is 14.6. The normalized spacial score (nSPS) is 26.6. The van der Waals surface area contributed by atoms with Gasteiger partial charge in [0.2, 0.25) is 0 Å². The van der Waals surface area contributed by atoms with Gasteiger partial charge in [-0.2, -0.15) is 0 Å². The number of halogens is 2. The number of hydrogen-bond donors (Lipinski definition) is 0. The van der Waals surface area contributed by atoms with E-state index in [1.54, 1.807) is 0 Å². The lowest BCUT2D eigenvalue weighted by Crippen LogP contribution is -2.26. The lowest BCUT2D eigenvalue weighted by atomic mass is 9.76. The van der Waals surface area contributed by atoms with Crippen LogP contribution in [0.1, 0.15) is 35.6 Å². The number of alkyl halides is 1. The Kier molecular flexibility index (Phi) is 4.85. The maximum absolute atomic E-state index is 6.59. The van der Waals surface area contributed by atoms with Gasteiger partial charge in [-0.15, -0.1) is 22.9 Å². The second-order valence-corrected chi connectivity index (χ2v) is 8.01. The molecule has 20 heavy (non-hydrogen) atoms. The van der Waals surface area contributed by atoms with Crippen LogP contribution in [0, 0.1) is 5.92 Å². The molecule has 0 radical (unpaired) electrons. The Labute approximate surface area is 138 Å². The maximum Gasteiger partial charge on any atom is 0.0368 e. The standard InChI is InChI=1S/C17H18BrClS/c18-15-8-9-20-17(15)11-14-10-13(6-7-16(14)19)12-4-2-1-3-5-12/h1-5,8-9,13-14,16H,6-7,10-11H2. The van der Waals surface area contributed by atoms with E-state index in [9.17, 15) is 0 Å². The molecule has 1 aromatic carbocycles. The maximum atomic E-state index is 6.59. The fourth-order valence-electron chi connectivity index (χ4n) is 3.18. The predicted molar refractivity (Wildman–Crippen MR) is 91.9 cm³/mol. The van der Waals surface area contributed by atoms with Crippen LogP contribution in [0.15, 0.2) is 46.3 Å². The van der Waals surface area contributed by atoms with E-state index in [-0.39, 0.29) is 0 Å². The Bertz CT molecular complexity index is 551. The zero-order valence-corrected chi connectivity index (χ0v) is 14.4. The highest BCUT2D eigenvalue weighted by atomic mass is 79.9. The third-order valence-corrected chi connectivity index (χ3v) is 6.82. The van der Waals surface area contributed by atoms with E-state index in [0.29, 0.717) is 17.2 Å². The van der Waals surface area contributed by atoms with Crippen LogP contribution in [0.5, 0.6) is 0 Å².